The molecule has 1 amide bonds. The van der Waals surface area contributed by atoms with Gasteiger partial charge >= 0.3 is 0 Å². The van der Waals surface area contributed by atoms with Gasteiger partial charge in [0.15, 0.2) is 5.43 Å². The zero-order chi connectivity index (χ0) is 16.9. The van der Waals surface area contributed by atoms with Crippen LogP contribution in [0, 0.1) is 0 Å². The summed E-state index contributed by atoms with van der Waals surface area (Å²) in [7, 11) is 0. The molecule has 2 aromatic rings. The number of aromatic nitrogens is 1. The van der Waals surface area contributed by atoms with E-state index in [0.29, 0.717) is 15.9 Å². The molecule has 4 nitrogen and oxygen atoms in total. The van der Waals surface area contributed by atoms with Gasteiger partial charge in [0.1, 0.15) is 6.54 Å². The lowest BCUT2D eigenvalue weighted by Crippen LogP contribution is -2.37. The van der Waals surface area contributed by atoms with E-state index in [9.17, 15) is 9.59 Å². The average molecular weight is 347 g/mol. The Morgan fingerprint density at radius 2 is 1.83 bits per heavy atom. The predicted octanol–water partition coefficient (Wildman–Crippen LogP) is 3.88. The maximum absolute atomic E-state index is 12.4. The molecule has 24 heavy (non-hydrogen) atoms. The highest BCUT2D eigenvalue weighted by atomic mass is 35.5. The first-order valence-electron chi connectivity index (χ1n) is 8.71. The maximum Gasteiger partial charge on any atom is 0.240 e. The average Bonchev–Trinajstić information content (AvgIpc) is 2.52. The van der Waals surface area contributed by atoms with E-state index in [0.717, 1.165) is 12.8 Å². The van der Waals surface area contributed by atoms with Crippen molar-refractivity contribution in [3.05, 3.63) is 45.7 Å². The third-order valence-corrected chi connectivity index (χ3v) is 4.96. The summed E-state index contributed by atoms with van der Waals surface area (Å²) in [5.74, 6) is -0.00880. The highest BCUT2D eigenvalue weighted by Gasteiger charge is 2.15. The number of amides is 1. The predicted molar refractivity (Wildman–Crippen MR) is 97.5 cm³/mol. The van der Waals surface area contributed by atoms with Crippen molar-refractivity contribution in [1.82, 2.24) is 9.88 Å². The minimum absolute atomic E-state index is 0.00880. The fraction of sp³-hybridized carbons (Fsp3) is 0.474. The lowest BCUT2D eigenvalue weighted by Gasteiger charge is -2.21. The van der Waals surface area contributed by atoms with Crippen LogP contribution in [0.2, 0.25) is 5.02 Å². The molecule has 1 aromatic heterocycles. The Bertz CT molecular complexity index is 777. The second kappa shape index (κ2) is 7.84. The van der Waals surface area contributed by atoms with Crippen LogP contribution >= 0.6 is 11.6 Å². The van der Waals surface area contributed by atoms with E-state index in [2.05, 4.69) is 5.32 Å². The van der Waals surface area contributed by atoms with Gasteiger partial charge in [-0.05, 0) is 31.0 Å². The summed E-state index contributed by atoms with van der Waals surface area (Å²) in [6, 6.07) is 6.92. The zero-order valence-electron chi connectivity index (χ0n) is 13.8. The number of hydrogen-bond donors (Lipinski definition) is 1. The molecule has 1 N–H and O–H groups in total. The summed E-state index contributed by atoms with van der Waals surface area (Å²) >= 11 is 6.05. The van der Waals surface area contributed by atoms with Crippen molar-refractivity contribution in [2.24, 2.45) is 0 Å². The molecule has 0 saturated heterocycles. The molecule has 0 radical (unpaired) electrons. The fourth-order valence-electron chi connectivity index (χ4n) is 3.44. The third kappa shape index (κ3) is 4.18. The molecule has 3 rings (SSSR count). The molecule has 1 aliphatic carbocycles. The number of carbonyl (C=O) groups is 1. The van der Waals surface area contributed by atoms with Gasteiger partial charge < -0.3 is 9.88 Å². The van der Waals surface area contributed by atoms with Gasteiger partial charge in [-0.25, -0.2) is 0 Å². The van der Waals surface area contributed by atoms with Crippen molar-refractivity contribution < 1.29 is 4.79 Å². The van der Waals surface area contributed by atoms with E-state index >= 15 is 0 Å². The summed E-state index contributed by atoms with van der Waals surface area (Å²) in [4.78, 5) is 24.4. The summed E-state index contributed by atoms with van der Waals surface area (Å²) in [5.41, 5.74) is 0.640. The number of benzene rings is 1. The Hall–Kier alpha value is -1.81. The second-order valence-corrected chi connectivity index (χ2v) is 7.02. The molecule has 0 unspecified atom stereocenters. The molecular weight excluding hydrogens is 324 g/mol. The van der Waals surface area contributed by atoms with E-state index in [-0.39, 0.29) is 23.9 Å². The van der Waals surface area contributed by atoms with Crippen LogP contribution in [0.15, 0.2) is 35.3 Å². The topological polar surface area (TPSA) is 51.1 Å². The Balaban J connectivity index is 1.74. The van der Waals surface area contributed by atoms with Crippen LogP contribution in [0.1, 0.15) is 44.9 Å². The van der Waals surface area contributed by atoms with Crippen molar-refractivity contribution in [2.75, 3.05) is 0 Å². The number of hydrogen-bond acceptors (Lipinski definition) is 2. The molecule has 1 heterocycles. The highest BCUT2D eigenvalue weighted by molar-refractivity contribution is 6.31. The van der Waals surface area contributed by atoms with Gasteiger partial charge in [0.25, 0.3) is 0 Å². The van der Waals surface area contributed by atoms with Crippen LogP contribution in [-0.4, -0.2) is 16.5 Å². The van der Waals surface area contributed by atoms with E-state index in [1.807, 2.05) is 0 Å². The number of halogens is 1. The smallest absolute Gasteiger partial charge is 0.240 e. The number of fused-ring (bicyclic) bond motifs is 1. The standard InChI is InChI=1S/C19H23ClN2O2/c20-14-8-9-16-17(12-14)22(11-10-18(16)23)13-19(24)21-15-6-4-2-1-3-5-7-15/h8-12,15H,1-7,13H2,(H,21,24). The molecule has 1 saturated carbocycles. The van der Waals surface area contributed by atoms with Crippen molar-refractivity contribution in [2.45, 2.75) is 57.5 Å². The molecule has 128 valence electrons. The normalized spacial score (nSPS) is 16.5. The SMILES string of the molecule is O=C(Cn1ccc(=O)c2ccc(Cl)cc21)NC1CCCCCCC1. The second-order valence-electron chi connectivity index (χ2n) is 6.58. The summed E-state index contributed by atoms with van der Waals surface area (Å²) in [6.07, 6.45) is 9.97. The summed E-state index contributed by atoms with van der Waals surface area (Å²) in [5, 5.41) is 4.30. The number of pyridine rings is 1. The Morgan fingerprint density at radius 1 is 1.12 bits per heavy atom. The number of nitrogens with one attached hydrogen (secondary N) is 1. The third-order valence-electron chi connectivity index (χ3n) is 4.72. The quantitative estimate of drug-likeness (QED) is 0.916. The van der Waals surface area contributed by atoms with E-state index in [4.69, 9.17) is 11.6 Å². The van der Waals surface area contributed by atoms with E-state index in [1.165, 1.54) is 38.2 Å². The number of rotatable bonds is 3. The number of carbonyl (C=O) groups excluding carboxylic acids is 1. The Morgan fingerprint density at radius 3 is 2.58 bits per heavy atom. The van der Waals surface area contributed by atoms with E-state index in [1.54, 1.807) is 29.0 Å². The fourth-order valence-corrected chi connectivity index (χ4v) is 3.61. The van der Waals surface area contributed by atoms with Gasteiger partial charge in [-0.2, -0.15) is 0 Å². The van der Waals surface area contributed by atoms with Crippen LogP contribution < -0.4 is 10.7 Å². The first-order valence-corrected chi connectivity index (χ1v) is 9.09. The van der Waals surface area contributed by atoms with Crippen LogP contribution in [0.3, 0.4) is 0 Å². The van der Waals surface area contributed by atoms with Crippen LogP contribution in [-0.2, 0) is 11.3 Å². The van der Waals surface area contributed by atoms with Crippen LogP contribution in [0.25, 0.3) is 10.9 Å². The van der Waals surface area contributed by atoms with Gasteiger partial charge in [-0.15, -0.1) is 0 Å². The van der Waals surface area contributed by atoms with Gasteiger partial charge in [0.2, 0.25) is 5.91 Å². The summed E-state index contributed by atoms with van der Waals surface area (Å²) in [6.45, 7) is 0.202. The lowest BCUT2D eigenvalue weighted by atomic mass is 9.97. The molecule has 1 fully saturated rings. The Labute approximate surface area is 146 Å². The molecule has 0 aliphatic heterocycles. The molecule has 0 bridgehead atoms. The minimum atomic E-state index is -0.0571. The lowest BCUT2D eigenvalue weighted by molar-refractivity contribution is -0.122. The number of nitrogens with zero attached hydrogens (tertiary/aromatic N) is 1. The van der Waals surface area contributed by atoms with Crippen molar-refractivity contribution in [3.8, 4) is 0 Å². The Kier molecular flexibility index (Phi) is 5.56. The molecule has 0 atom stereocenters. The van der Waals surface area contributed by atoms with Crippen LogP contribution in [0.5, 0.6) is 0 Å². The van der Waals surface area contributed by atoms with Crippen molar-refractivity contribution in [1.29, 1.82) is 0 Å². The maximum atomic E-state index is 12.4. The summed E-state index contributed by atoms with van der Waals surface area (Å²) < 4.78 is 1.79. The van der Waals surface area contributed by atoms with Crippen molar-refractivity contribution in [3.63, 3.8) is 0 Å². The monoisotopic (exact) mass is 346 g/mol. The molecular formula is C19H23ClN2O2. The molecule has 5 heteroatoms. The van der Waals surface area contributed by atoms with E-state index < -0.39 is 0 Å². The van der Waals surface area contributed by atoms with Gasteiger partial charge in [-0.3, -0.25) is 9.59 Å². The highest BCUT2D eigenvalue weighted by Crippen LogP contribution is 2.18. The molecule has 1 aromatic carbocycles. The van der Waals surface area contributed by atoms with Gasteiger partial charge in [0.05, 0.1) is 5.52 Å². The van der Waals surface area contributed by atoms with Crippen LogP contribution in [0.4, 0.5) is 0 Å². The molecule has 0 spiro atoms. The van der Waals surface area contributed by atoms with Crippen molar-refractivity contribution >= 4 is 28.4 Å². The van der Waals surface area contributed by atoms with Gasteiger partial charge in [-0.1, -0.05) is 43.7 Å². The minimum Gasteiger partial charge on any atom is -0.352 e. The first-order chi connectivity index (χ1) is 11.6. The first kappa shape index (κ1) is 17.0. The largest absolute Gasteiger partial charge is 0.352 e. The molecule has 1 aliphatic rings. The van der Waals surface area contributed by atoms with Gasteiger partial charge in [0, 0.05) is 28.7 Å². The zero-order valence-corrected chi connectivity index (χ0v) is 14.5.